The summed E-state index contributed by atoms with van der Waals surface area (Å²) >= 11 is 0. The molecular formula is C12H20O2. The molecule has 0 spiro atoms. The number of rotatable bonds is 3. The predicted molar refractivity (Wildman–Crippen MR) is 57.8 cm³/mol. The van der Waals surface area contributed by atoms with E-state index in [-0.39, 0.29) is 17.6 Å². The lowest BCUT2D eigenvalue weighted by Crippen LogP contribution is -2.33. The van der Waals surface area contributed by atoms with Gasteiger partial charge in [0.05, 0.1) is 6.42 Å². The molecule has 1 N–H and O–H groups in total. The quantitative estimate of drug-likeness (QED) is 0.702. The van der Waals surface area contributed by atoms with Crippen LogP contribution in [0.15, 0.2) is 0 Å². The second kappa shape index (κ2) is 4.61. The van der Waals surface area contributed by atoms with Crippen molar-refractivity contribution in [3.05, 3.63) is 0 Å². The molecule has 0 heterocycles. The van der Waals surface area contributed by atoms with E-state index in [0.29, 0.717) is 6.42 Å². The first-order valence-electron chi connectivity index (χ1n) is 4.95. The minimum atomic E-state index is -1.22. The van der Waals surface area contributed by atoms with Crippen molar-refractivity contribution in [1.82, 2.24) is 0 Å². The Hall–Kier alpha value is -0.810. The Balaban J connectivity index is 4.28. The molecule has 1 atom stereocenters. The fourth-order valence-electron chi connectivity index (χ4n) is 0.777. The van der Waals surface area contributed by atoms with Gasteiger partial charge in [0.2, 0.25) is 0 Å². The van der Waals surface area contributed by atoms with Crippen LogP contribution in [0, 0.1) is 17.3 Å². The van der Waals surface area contributed by atoms with Crippen LogP contribution in [0.25, 0.3) is 0 Å². The van der Waals surface area contributed by atoms with Crippen LogP contribution in [0.3, 0.4) is 0 Å². The van der Waals surface area contributed by atoms with E-state index in [1.165, 1.54) is 6.92 Å². The molecule has 0 fully saturated rings. The summed E-state index contributed by atoms with van der Waals surface area (Å²) in [5, 5.41) is 9.60. The van der Waals surface area contributed by atoms with E-state index in [2.05, 4.69) is 11.8 Å². The van der Waals surface area contributed by atoms with E-state index in [1.54, 1.807) is 6.92 Å². The van der Waals surface area contributed by atoms with E-state index in [1.807, 2.05) is 20.8 Å². The molecule has 0 bridgehead atoms. The van der Waals surface area contributed by atoms with Crippen LogP contribution >= 0.6 is 0 Å². The van der Waals surface area contributed by atoms with Crippen molar-refractivity contribution in [2.75, 3.05) is 0 Å². The minimum Gasteiger partial charge on any atom is -0.382 e. The fraction of sp³-hybridized carbons (Fsp3) is 0.750. The second-order valence-corrected chi connectivity index (χ2v) is 4.78. The topological polar surface area (TPSA) is 37.3 Å². The molecule has 0 radical (unpaired) electrons. The monoisotopic (exact) mass is 196 g/mol. The fourth-order valence-corrected chi connectivity index (χ4v) is 0.777. The summed E-state index contributed by atoms with van der Waals surface area (Å²) in [7, 11) is 0. The molecule has 80 valence electrons. The molecule has 0 saturated carbocycles. The van der Waals surface area contributed by atoms with Crippen molar-refractivity contribution < 1.29 is 9.90 Å². The largest absolute Gasteiger partial charge is 0.382 e. The summed E-state index contributed by atoms with van der Waals surface area (Å²) in [5.41, 5.74) is -1.30. The first-order valence-corrected chi connectivity index (χ1v) is 4.95. The van der Waals surface area contributed by atoms with Gasteiger partial charge >= 0.3 is 0 Å². The van der Waals surface area contributed by atoms with Gasteiger partial charge in [-0.15, -0.1) is 0 Å². The summed E-state index contributed by atoms with van der Waals surface area (Å²) in [6.07, 6.45) is 0.571. The van der Waals surface area contributed by atoms with Crippen LogP contribution in [0.4, 0.5) is 0 Å². The Morgan fingerprint density at radius 2 is 1.79 bits per heavy atom. The zero-order chi connectivity index (χ0) is 11.4. The molecule has 1 unspecified atom stereocenters. The highest BCUT2D eigenvalue weighted by Crippen LogP contribution is 2.13. The van der Waals surface area contributed by atoms with E-state index in [0.717, 1.165) is 0 Å². The Morgan fingerprint density at radius 3 is 2.14 bits per heavy atom. The van der Waals surface area contributed by atoms with Crippen LogP contribution in [0.1, 0.15) is 47.5 Å². The van der Waals surface area contributed by atoms with Gasteiger partial charge in [-0.3, -0.25) is 4.79 Å². The second-order valence-electron chi connectivity index (χ2n) is 4.78. The number of carbonyl (C=O) groups is 1. The normalized spacial score (nSPS) is 15.3. The first-order chi connectivity index (χ1) is 6.19. The molecule has 14 heavy (non-hydrogen) atoms. The van der Waals surface area contributed by atoms with Gasteiger partial charge in [-0.25, -0.2) is 0 Å². The number of hydrogen-bond donors (Lipinski definition) is 1. The van der Waals surface area contributed by atoms with E-state index >= 15 is 0 Å². The molecule has 2 heteroatoms. The number of Topliss-reactive ketones (excluding diaryl/α,β-unsaturated/α-hetero) is 1. The molecule has 0 aliphatic rings. The maximum Gasteiger partial charge on any atom is 0.175 e. The third-order valence-electron chi connectivity index (χ3n) is 2.00. The Bertz CT molecular complexity index is 258. The molecule has 0 aromatic carbocycles. The van der Waals surface area contributed by atoms with Crippen molar-refractivity contribution in [2.24, 2.45) is 5.41 Å². The molecular weight excluding hydrogens is 176 g/mol. The molecule has 0 rings (SSSR count). The third-order valence-corrected chi connectivity index (χ3v) is 2.00. The van der Waals surface area contributed by atoms with Crippen molar-refractivity contribution >= 4 is 5.78 Å². The summed E-state index contributed by atoms with van der Waals surface area (Å²) in [6.45, 7) is 9.29. The summed E-state index contributed by atoms with van der Waals surface area (Å²) in [5.74, 6) is 5.58. The van der Waals surface area contributed by atoms with Gasteiger partial charge in [0, 0.05) is 5.41 Å². The smallest absolute Gasteiger partial charge is 0.175 e. The van der Waals surface area contributed by atoms with Crippen molar-refractivity contribution in [2.45, 2.75) is 53.1 Å². The number of hydrogen-bond acceptors (Lipinski definition) is 2. The third kappa shape index (κ3) is 5.04. The Kier molecular flexibility index (Phi) is 4.35. The van der Waals surface area contributed by atoms with Crippen LogP contribution in [0.5, 0.6) is 0 Å². The molecule has 0 aromatic heterocycles. The van der Waals surface area contributed by atoms with E-state index in [9.17, 15) is 9.90 Å². The molecule has 0 amide bonds. The molecule has 0 aliphatic heterocycles. The minimum absolute atomic E-state index is 0.0850. The van der Waals surface area contributed by atoms with Crippen LogP contribution in [-0.4, -0.2) is 16.5 Å². The molecule has 0 aliphatic carbocycles. The Morgan fingerprint density at radius 1 is 1.29 bits per heavy atom. The van der Waals surface area contributed by atoms with Crippen LogP contribution in [-0.2, 0) is 4.79 Å². The highest BCUT2D eigenvalue weighted by atomic mass is 16.3. The van der Waals surface area contributed by atoms with Crippen LogP contribution in [0.2, 0.25) is 0 Å². The van der Waals surface area contributed by atoms with Gasteiger partial charge in [0.25, 0.3) is 0 Å². The van der Waals surface area contributed by atoms with Crippen molar-refractivity contribution in [1.29, 1.82) is 0 Å². The predicted octanol–water partition coefficient (Wildman–Crippen LogP) is 2.16. The van der Waals surface area contributed by atoms with Gasteiger partial charge in [-0.1, -0.05) is 18.8 Å². The highest BCUT2D eigenvalue weighted by Gasteiger charge is 2.26. The van der Waals surface area contributed by atoms with Crippen molar-refractivity contribution in [3.63, 3.8) is 0 Å². The van der Waals surface area contributed by atoms with Gasteiger partial charge in [-0.05, 0) is 34.1 Å². The lowest BCUT2D eigenvalue weighted by Gasteiger charge is -2.17. The lowest BCUT2D eigenvalue weighted by atomic mass is 9.94. The maximum absolute atomic E-state index is 11.4. The lowest BCUT2D eigenvalue weighted by molar-refractivity contribution is -0.134. The number of carbonyl (C=O) groups excluding carboxylic acids is 1. The standard InChI is InChI=1S/C12H20O2/c1-6-12(5,14)10(13)8-7-9-11(2,3)4/h14H,6,8H2,1-5H3. The van der Waals surface area contributed by atoms with Crippen LogP contribution < -0.4 is 0 Å². The van der Waals surface area contributed by atoms with E-state index in [4.69, 9.17) is 0 Å². The number of ketones is 1. The van der Waals surface area contributed by atoms with E-state index < -0.39 is 5.60 Å². The summed E-state index contributed by atoms with van der Waals surface area (Å²) < 4.78 is 0. The van der Waals surface area contributed by atoms with Gasteiger partial charge in [0.1, 0.15) is 5.60 Å². The van der Waals surface area contributed by atoms with Gasteiger partial charge in [0.15, 0.2) is 5.78 Å². The SMILES string of the molecule is CCC(C)(O)C(=O)CC#CC(C)(C)C. The Labute approximate surface area is 86.7 Å². The zero-order valence-electron chi connectivity index (χ0n) is 9.77. The molecule has 2 nitrogen and oxygen atoms in total. The van der Waals surface area contributed by atoms with Gasteiger partial charge in [-0.2, -0.15) is 0 Å². The maximum atomic E-state index is 11.4. The first kappa shape index (κ1) is 13.2. The zero-order valence-corrected chi connectivity index (χ0v) is 9.77. The average molecular weight is 196 g/mol. The molecule has 0 saturated heterocycles. The highest BCUT2D eigenvalue weighted by molar-refractivity contribution is 5.88. The number of aliphatic hydroxyl groups is 1. The summed E-state index contributed by atoms with van der Waals surface area (Å²) in [6, 6.07) is 0. The molecule has 0 aromatic rings. The average Bonchev–Trinajstić information content (AvgIpc) is 2.02. The van der Waals surface area contributed by atoms with Crippen molar-refractivity contribution in [3.8, 4) is 11.8 Å². The summed E-state index contributed by atoms with van der Waals surface area (Å²) in [4.78, 5) is 11.4. The van der Waals surface area contributed by atoms with Gasteiger partial charge < -0.3 is 5.11 Å².